The first kappa shape index (κ1) is 22.3. The Morgan fingerprint density at radius 3 is 2.53 bits per heavy atom. The quantitative estimate of drug-likeness (QED) is 0.588. The van der Waals surface area contributed by atoms with Gasteiger partial charge in [-0.15, -0.1) is 0 Å². The molecule has 1 heterocycles. The van der Waals surface area contributed by atoms with E-state index in [1.165, 1.54) is 18.2 Å². The summed E-state index contributed by atoms with van der Waals surface area (Å²) in [6, 6.07) is 16.3. The molecule has 0 radical (unpaired) electrons. The van der Waals surface area contributed by atoms with Gasteiger partial charge in [0.05, 0.1) is 11.3 Å². The maximum Gasteiger partial charge on any atom is 0.238 e. The number of carbonyl (C=O) groups excluding carboxylic acids is 1. The molecule has 0 saturated heterocycles. The number of amides is 1. The van der Waals surface area contributed by atoms with E-state index in [2.05, 4.69) is 5.32 Å². The van der Waals surface area contributed by atoms with Crippen LogP contribution in [0.25, 0.3) is 0 Å². The van der Waals surface area contributed by atoms with Crippen molar-refractivity contribution in [1.82, 2.24) is 0 Å². The van der Waals surface area contributed by atoms with E-state index in [4.69, 9.17) is 16.7 Å². The summed E-state index contributed by atoms with van der Waals surface area (Å²) in [6.45, 7) is 0.955. The first-order valence-corrected chi connectivity index (χ1v) is 11.9. The molecule has 0 bridgehead atoms. The zero-order valence-electron chi connectivity index (χ0n) is 17.0. The Morgan fingerprint density at radius 1 is 1.12 bits per heavy atom. The maximum absolute atomic E-state index is 13.3. The molecule has 1 aliphatic rings. The Hall–Kier alpha value is -2.94. The molecule has 0 aliphatic carbocycles. The van der Waals surface area contributed by atoms with Crippen LogP contribution < -0.4 is 15.4 Å². The van der Waals surface area contributed by atoms with Gasteiger partial charge in [0.15, 0.2) is 0 Å². The minimum absolute atomic E-state index is 0.00167. The normalized spacial score (nSPS) is 13.5. The molecule has 166 valence electrons. The largest absolute Gasteiger partial charge is 0.367 e. The molecule has 3 N–H and O–H groups in total. The number of primary sulfonamides is 1. The number of hydrogen-bond donors (Lipinski definition) is 2. The lowest BCUT2D eigenvalue weighted by Crippen LogP contribution is -2.32. The number of fused-ring (bicyclic) bond motifs is 1. The van der Waals surface area contributed by atoms with Gasteiger partial charge in [0.25, 0.3) is 0 Å². The maximum atomic E-state index is 13.3. The number of nitrogens with zero attached hydrogens (tertiary/aromatic N) is 1. The summed E-state index contributed by atoms with van der Waals surface area (Å²) >= 11 is 6.13. The van der Waals surface area contributed by atoms with Crippen LogP contribution in [0.1, 0.15) is 16.7 Å². The third kappa shape index (κ3) is 4.93. The third-order valence-corrected chi connectivity index (χ3v) is 6.73. The number of hydrogen-bond acceptors (Lipinski definition) is 4. The Balaban J connectivity index is 1.63. The second-order valence-electron chi connectivity index (χ2n) is 7.62. The Bertz CT molecular complexity index is 1280. The van der Waals surface area contributed by atoms with Gasteiger partial charge in [0, 0.05) is 29.5 Å². The van der Waals surface area contributed by atoms with E-state index in [0.29, 0.717) is 41.3 Å². The number of anilines is 2. The Kier molecular flexibility index (Phi) is 6.19. The van der Waals surface area contributed by atoms with E-state index in [0.717, 1.165) is 11.3 Å². The smallest absolute Gasteiger partial charge is 0.238 e. The zero-order chi connectivity index (χ0) is 22.9. The topological polar surface area (TPSA) is 92.5 Å². The Labute approximate surface area is 190 Å². The van der Waals surface area contributed by atoms with Gasteiger partial charge in [-0.25, -0.2) is 17.9 Å². The summed E-state index contributed by atoms with van der Waals surface area (Å²) in [6.07, 6.45) is 0.496. The molecule has 0 fully saturated rings. The molecule has 4 rings (SSSR count). The van der Waals surface area contributed by atoms with E-state index >= 15 is 0 Å². The van der Waals surface area contributed by atoms with Crippen molar-refractivity contribution < 1.29 is 17.6 Å². The molecule has 32 heavy (non-hydrogen) atoms. The third-order valence-electron chi connectivity index (χ3n) is 5.39. The molecule has 9 heteroatoms. The molecule has 0 unspecified atom stereocenters. The van der Waals surface area contributed by atoms with Crippen molar-refractivity contribution in [2.24, 2.45) is 5.14 Å². The SMILES string of the molecule is NS(=O)(=O)c1cc(NC(=O)Cc2ccccc2Cl)cc2c1CCN(c1ccc(F)cc1)C2. The lowest BCUT2D eigenvalue weighted by atomic mass is 9.98. The van der Waals surface area contributed by atoms with E-state index in [1.54, 1.807) is 42.5 Å². The highest BCUT2D eigenvalue weighted by Crippen LogP contribution is 2.31. The first-order chi connectivity index (χ1) is 15.2. The highest BCUT2D eigenvalue weighted by molar-refractivity contribution is 7.89. The van der Waals surface area contributed by atoms with E-state index in [9.17, 15) is 17.6 Å². The van der Waals surface area contributed by atoms with E-state index in [1.807, 2.05) is 4.90 Å². The van der Waals surface area contributed by atoms with Crippen LogP contribution in [-0.4, -0.2) is 20.9 Å². The fourth-order valence-electron chi connectivity index (χ4n) is 3.88. The predicted octanol–water partition coefficient (Wildman–Crippen LogP) is 3.87. The van der Waals surface area contributed by atoms with Gasteiger partial charge in [-0.2, -0.15) is 0 Å². The summed E-state index contributed by atoms with van der Waals surface area (Å²) in [5.74, 6) is -0.657. The van der Waals surface area contributed by atoms with Crippen LogP contribution in [0.4, 0.5) is 15.8 Å². The fraction of sp³-hybridized carbons (Fsp3) is 0.174. The summed E-state index contributed by atoms with van der Waals surface area (Å²) in [7, 11) is -4.00. The van der Waals surface area contributed by atoms with Crippen LogP contribution in [0, 0.1) is 5.82 Å². The molecule has 0 atom stereocenters. The summed E-state index contributed by atoms with van der Waals surface area (Å²) in [5.41, 5.74) is 3.20. The van der Waals surface area contributed by atoms with Crippen LogP contribution in [0.3, 0.4) is 0 Å². The standard InChI is InChI=1S/C23H21ClFN3O3S/c24-21-4-2-1-3-15(21)12-23(29)27-18-11-16-14-28(19-7-5-17(25)6-8-19)10-9-20(16)22(13-18)32(26,30)31/h1-8,11,13H,9-10,12,14H2,(H,27,29)(H2,26,30,31). The molecule has 3 aromatic rings. The second-order valence-corrected chi connectivity index (χ2v) is 9.56. The van der Waals surface area contributed by atoms with Crippen LogP contribution >= 0.6 is 11.6 Å². The molecular formula is C23H21ClFN3O3S. The predicted molar refractivity (Wildman–Crippen MR) is 123 cm³/mol. The number of halogens is 2. The number of carbonyl (C=O) groups is 1. The average molecular weight is 474 g/mol. The highest BCUT2D eigenvalue weighted by atomic mass is 35.5. The van der Waals surface area contributed by atoms with Gasteiger partial charge >= 0.3 is 0 Å². The second kappa shape index (κ2) is 8.90. The number of benzene rings is 3. The van der Waals surface area contributed by atoms with Gasteiger partial charge in [0.2, 0.25) is 15.9 Å². The fourth-order valence-corrected chi connectivity index (χ4v) is 4.95. The molecule has 0 spiro atoms. The number of sulfonamides is 1. The number of nitrogens with one attached hydrogen (secondary N) is 1. The summed E-state index contributed by atoms with van der Waals surface area (Å²) in [5, 5.41) is 8.71. The van der Waals surface area contributed by atoms with Crippen molar-refractivity contribution >= 4 is 38.9 Å². The van der Waals surface area contributed by atoms with Crippen molar-refractivity contribution in [1.29, 1.82) is 0 Å². The first-order valence-electron chi connectivity index (χ1n) is 9.93. The Morgan fingerprint density at radius 2 is 1.84 bits per heavy atom. The molecule has 3 aromatic carbocycles. The summed E-state index contributed by atoms with van der Waals surface area (Å²) in [4.78, 5) is 14.6. The molecule has 1 amide bonds. The van der Waals surface area contributed by atoms with Crippen LogP contribution in [0.5, 0.6) is 0 Å². The molecule has 0 aromatic heterocycles. The highest BCUT2D eigenvalue weighted by Gasteiger charge is 2.25. The molecule has 0 saturated carbocycles. The average Bonchev–Trinajstić information content (AvgIpc) is 2.74. The minimum Gasteiger partial charge on any atom is -0.367 e. The lowest BCUT2D eigenvalue weighted by Gasteiger charge is -2.32. The van der Waals surface area contributed by atoms with Crippen LogP contribution in [0.2, 0.25) is 5.02 Å². The summed E-state index contributed by atoms with van der Waals surface area (Å²) < 4.78 is 37.8. The van der Waals surface area contributed by atoms with Crippen molar-refractivity contribution in [3.63, 3.8) is 0 Å². The van der Waals surface area contributed by atoms with Crippen molar-refractivity contribution in [2.75, 3.05) is 16.8 Å². The van der Waals surface area contributed by atoms with Gasteiger partial charge in [-0.1, -0.05) is 29.8 Å². The van der Waals surface area contributed by atoms with E-state index < -0.39 is 10.0 Å². The molecular weight excluding hydrogens is 453 g/mol. The number of rotatable bonds is 5. The zero-order valence-corrected chi connectivity index (χ0v) is 18.6. The van der Waals surface area contributed by atoms with Crippen LogP contribution in [0.15, 0.2) is 65.6 Å². The number of nitrogens with two attached hydrogens (primary N) is 1. The van der Waals surface area contributed by atoms with Gasteiger partial charge in [-0.05, 0) is 65.6 Å². The molecule has 1 aliphatic heterocycles. The van der Waals surface area contributed by atoms with Gasteiger partial charge < -0.3 is 10.2 Å². The monoisotopic (exact) mass is 473 g/mol. The van der Waals surface area contributed by atoms with Crippen LogP contribution in [-0.2, 0) is 34.2 Å². The lowest BCUT2D eigenvalue weighted by molar-refractivity contribution is -0.115. The van der Waals surface area contributed by atoms with E-state index in [-0.39, 0.29) is 23.0 Å². The van der Waals surface area contributed by atoms with Gasteiger partial charge in [-0.3, -0.25) is 4.79 Å². The molecule has 6 nitrogen and oxygen atoms in total. The van der Waals surface area contributed by atoms with Gasteiger partial charge in [0.1, 0.15) is 5.82 Å². The minimum atomic E-state index is -4.00. The van der Waals surface area contributed by atoms with Crippen molar-refractivity contribution in [3.8, 4) is 0 Å². The van der Waals surface area contributed by atoms with Crippen molar-refractivity contribution in [3.05, 3.63) is 88.2 Å². The van der Waals surface area contributed by atoms with Crippen molar-refractivity contribution in [2.45, 2.75) is 24.3 Å².